The number of hydrogen-bond acceptors (Lipinski definition) is 6. The van der Waals surface area contributed by atoms with Crippen LogP contribution in [-0.2, 0) is 14.1 Å². The molecule has 0 aliphatic carbocycles. The zero-order valence-corrected chi connectivity index (χ0v) is 13.2. The predicted octanol–water partition coefficient (Wildman–Crippen LogP) is 1.25. The smallest absolute Gasteiger partial charge is 0.399 e. The number of nitro groups is 1. The fraction of sp³-hybridized carbons (Fsp3) is 0.538. The second-order valence-corrected chi connectivity index (χ2v) is 6.16. The molecule has 1 saturated heterocycles. The minimum atomic E-state index is -0.848. The Morgan fingerprint density at radius 3 is 2.32 bits per heavy atom. The van der Waals surface area contributed by atoms with Crippen LogP contribution in [0.4, 0.5) is 11.5 Å². The molecule has 0 unspecified atom stereocenters. The summed E-state index contributed by atoms with van der Waals surface area (Å²) in [5.41, 5.74) is -1.08. The van der Waals surface area contributed by atoms with Crippen LogP contribution in [0.3, 0.4) is 0 Å². The number of amides is 1. The van der Waals surface area contributed by atoms with E-state index in [1.54, 1.807) is 0 Å². The van der Waals surface area contributed by atoms with Gasteiger partial charge < -0.3 is 14.6 Å². The van der Waals surface area contributed by atoms with Crippen LogP contribution in [0.2, 0.25) is 0 Å². The van der Waals surface area contributed by atoms with E-state index in [2.05, 4.69) is 10.3 Å². The molecule has 8 nitrogen and oxygen atoms in total. The fourth-order valence-corrected chi connectivity index (χ4v) is 1.99. The molecule has 0 aromatic carbocycles. The highest BCUT2D eigenvalue weighted by molar-refractivity contribution is 6.64. The van der Waals surface area contributed by atoms with Crippen molar-refractivity contribution < 1.29 is 19.0 Å². The Morgan fingerprint density at radius 2 is 1.86 bits per heavy atom. The normalized spacial score (nSPS) is 19.0. The van der Waals surface area contributed by atoms with Gasteiger partial charge in [0.05, 0.1) is 16.1 Å². The van der Waals surface area contributed by atoms with E-state index in [1.807, 2.05) is 27.7 Å². The summed E-state index contributed by atoms with van der Waals surface area (Å²) in [5.74, 6) is -0.143. The van der Waals surface area contributed by atoms with Crippen molar-refractivity contribution in [2.24, 2.45) is 0 Å². The topological polar surface area (TPSA) is 104 Å². The zero-order chi connectivity index (χ0) is 16.7. The highest BCUT2D eigenvalue weighted by Crippen LogP contribution is 2.37. The third-order valence-corrected chi connectivity index (χ3v) is 3.92. The number of anilines is 1. The van der Waals surface area contributed by atoms with E-state index in [1.165, 1.54) is 13.0 Å². The Morgan fingerprint density at radius 1 is 1.32 bits per heavy atom. The van der Waals surface area contributed by atoms with Gasteiger partial charge in [0.2, 0.25) is 5.91 Å². The van der Waals surface area contributed by atoms with Crippen molar-refractivity contribution in [3.63, 3.8) is 0 Å². The summed E-state index contributed by atoms with van der Waals surface area (Å²) in [4.78, 5) is 25.6. The lowest BCUT2D eigenvalue weighted by Gasteiger charge is -2.32. The number of carbonyl (C=O) groups excluding carboxylic acids is 1. The quantitative estimate of drug-likeness (QED) is 0.512. The molecule has 1 fully saturated rings. The van der Waals surface area contributed by atoms with E-state index in [0.717, 1.165) is 6.20 Å². The maximum absolute atomic E-state index is 11.3. The molecule has 1 aromatic rings. The van der Waals surface area contributed by atoms with Gasteiger partial charge in [0.1, 0.15) is 12.0 Å². The summed E-state index contributed by atoms with van der Waals surface area (Å²) in [6.45, 7) is 8.81. The average molecular weight is 307 g/mol. The van der Waals surface area contributed by atoms with Crippen molar-refractivity contribution in [1.29, 1.82) is 0 Å². The summed E-state index contributed by atoms with van der Waals surface area (Å²) in [5, 5.41) is 13.5. The maximum Gasteiger partial charge on any atom is 0.498 e. The van der Waals surface area contributed by atoms with Crippen LogP contribution in [0.15, 0.2) is 12.3 Å². The second kappa shape index (κ2) is 5.33. The highest BCUT2D eigenvalue weighted by atomic mass is 16.7. The van der Waals surface area contributed by atoms with Gasteiger partial charge in [0.15, 0.2) is 0 Å². The highest BCUT2D eigenvalue weighted by Gasteiger charge is 2.52. The molecule has 0 saturated carbocycles. The van der Waals surface area contributed by atoms with E-state index in [9.17, 15) is 14.9 Å². The number of pyridine rings is 1. The van der Waals surface area contributed by atoms with Crippen molar-refractivity contribution in [2.45, 2.75) is 45.8 Å². The maximum atomic E-state index is 11.3. The van der Waals surface area contributed by atoms with Crippen LogP contribution in [0.25, 0.3) is 0 Å². The lowest BCUT2D eigenvalue weighted by Crippen LogP contribution is -2.41. The van der Waals surface area contributed by atoms with Gasteiger partial charge in [-0.15, -0.1) is 0 Å². The summed E-state index contributed by atoms with van der Waals surface area (Å²) in [6, 6.07) is 1.31. The van der Waals surface area contributed by atoms with Crippen molar-refractivity contribution in [2.75, 3.05) is 5.32 Å². The first-order chi connectivity index (χ1) is 10.0. The Balaban J connectivity index is 2.46. The van der Waals surface area contributed by atoms with Crippen LogP contribution in [0.5, 0.6) is 0 Å². The molecule has 0 spiro atoms. The van der Waals surface area contributed by atoms with E-state index in [0.29, 0.717) is 5.46 Å². The third-order valence-electron chi connectivity index (χ3n) is 3.92. The number of nitrogens with zero attached hydrogens (tertiary/aromatic N) is 2. The number of rotatable bonds is 3. The number of hydrogen-bond donors (Lipinski definition) is 1. The Hall–Kier alpha value is -2.00. The monoisotopic (exact) mass is 307 g/mol. The van der Waals surface area contributed by atoms with Gasteiger partial charge in [-0.1, -0.05) is 0 Å². The second-order valence-electron chi connectivity index (χ2n) is 6.16. The Bertz CT molecular complexity index is 616. The first-order valence-electron chi connectivity index (χ1n) is 6.81. The molecule has 0 atom stereocenters. The van der Waals surface area contributed by atoms with E-state index < -0.39 is 23.2 Å². The average Bonchev–Trinajstić information content (AvgIpc) is 2.57. The molecule has 0 bridgehead atoms. The molecule has 9 heteroatoms. The van der Waals surface area contributed by atoms with Crippen molar-refractivity contribution in [1.82, 2.24) is 4.98 Å². The number of carbonyl (C=O) groups is 1. The summed E-state index contributed by atoms with van der Waals surface area (Å²) in [7, 11) is -0.848. The third kappa shape index (κ3) is 2.95. The standard InChI is InChI=1S/C13H18BN3O5/c1-8(18)16-11-10(6-9(7-15-11)17(19)20)14-21-12(2,3)13(4,5)22-14/h6-7H,1-5H3,(H,15,16,18). The minimum absolute atomic E-state index is 0.191. The molecule has 0 radical (unpaired) electrons. The van der Waals surface area contributed by atoms with Crippen LogP contribution < -0.4 is 10.8 Å². The number of aromatic nitrogens is 1. The van der Waals surface area contributed by atoms with Crippen LogP contribution in [0.1, 0.15) is 34.6 Å². The lowest BCUT2D eigenvalue weighted by atomic mass is 9.79. The first kappa shape index (κ1) is 16.4. The summed E-state index contributed by atoms with van der Waals surface area (Å²) >= 11 is 0. The van der Waals surface area contributed by atoms with Crippen LogP contribution >= 0.6 is 0 Å². The van der Waals surface area contributed by atoms with Crippen molar-refractivity contribution in [3.05, 3.63) is 22.4 Å². The van der Waals surface area contributed by atoms with Gasteiger partial charge in [-0.3, -0.25) is 14.9 Å². The Kier molecular flexibility index (Phi) is 3.97. The molecule has 1 aromatic heterocycles. The van der Waals surface area contributed by atoms with Gasteiger partial charge >= 0.3 is 7.12 Å². The molecule has 1 aliphatic rings. The SMILES string of the molecule is CC(=O)Nc1ncc([N+](=O)[O-])cc1B1OC(C)(C)C(C)(C)O1. The van der Waals surface area contributed by atoms with Gasteiger partial charge in [0.25, 0.3) is 5.69 Å². The molecular weight excluding hydrogens is 289 g/mol. The van der Waals surface area contributed by atoms with Gasteiger partial charge in [-0.05, 0) is 27.7 Å². The van der Waals surface area contributed by atoms with Gasteiger partial charge in [-0.2, -0.15) is 0 Å². The van der Waals surface area contributed by atoms with Crippen molar-refractivity contribution >= 4 is 30.0 Å². The first-order valence-corrected chi connectivity index (χ1v) is 6.81. The molecule has 22 heavy (non-hydrogen) atoms. The zero-order valence-electron chi connectivity index (χ0n) is 13.2. The molecule has 1 N–H and O–H groups in total. The largest absolute Gasteiger partial charge is 0.498 e. The molecular formula is C13H18BN3O5. The van der Waals surface area contributed by atoms with Crippen LogP contribution in [0, 0.1) is 10.1 Å². The van der Waals surface area contributed by atoms with Gasteiger partial charge in [0, 0.05) is 18.5 Å². The molecule has 1 amide bonds. The van der Waals surface area contributed by atoms with Gasteiger partial charge in [-0.25, -0.2) is 4.98 Å². The molecule has 1 aliphatic heterocycles. The number of nitrogens with one attached hydrogen (secondary N) is 1. The van der Waals surface area contributed by atoms with Crippen molar-refractivity contribution in [3.8, 4) is 0 Å². The summed E-state index contributed by atoms with van der Waals surface area (Å²) in [6.07, 6.45) is 1.08. The Labute approximate surface area is 128 Å². The molecule has 2 heterocycles. The summed E-state index contributed by atoms with van der Waals surface area (Å²) < 4.78 is 11.7. The van der Waals surface area contributed by atoms with E-state index in [4.69, 9.17) is 9.31 Å². The van der Waals surface area contributed by atoms with E-state index >= 15 is 0 Å². The van der Waals surface area contributed by atoms with E-state index in [-0.39, 0.29) is 17.4 Å². The fourth-order valence-electron chi connectivity index (χ4n) is 1.99. The molecule has 2 rings (SSSR count). The minimum Gasteiger partial charge on any atom is -0.399 e. The predicted molar refractivity (Wildman–Crippen MR) is 80.9 cm³/mol. The molecule has 118 valence electrons. The lowest BCUT2D eigenvalue weighted by molar-refractivity contribution is -0.385. The van der Waals surface area contributed by atoms with Crippen LogP contribution in [-0.4, -0.2) is 34.1 Å².